The Labute approximate surface area is 122 Å². The monoisotopic (exact) mass is 291 g/mol. The summed E-state index contributed by atoms with van der Waals surface area (Å²) in [6.07, 6.45) is 0.866. The summed E-state index contributed by atoms with van der Waals surface area (Å²) in [5.74, 6) is -0.864. The summed E-state index contributed by atoms with van der Waals surface area (Å²) in [6, 6.07) is 5.35. The first-order valence-corrected chi connectivity index (χ1v) is 6.95. The summed E-state index contributed by atoms with van der Waals surface area (Å²) >= 11 is 0. The van der Waals surface area contributed by atoms with Gasteiger partial charge in [0.2, 0.25) is 11.8 Å². The number of nitrogens with zero attached hydrogens (tertiary/aromatic N) is 1. The lowest BCUT2D eigenvalue weighted by Crippen LogP contribution is -2.34. The fourth-order valence-electron chi connectivity index (χ4n) is 2.43. The smallest absolute Gasteiger partial charge is 0.235 e. The second-order valence-corrected chi connectivity index (χ2v) is 5.94. The number of carbonyl (C=O) groups is 3. The first-order chi connectivity index (χ1) is 9.81. The van der Waals surface area contributed by atoms with Crippen LogP contribution in [-0.4, -0.2) is 29.0 Å². The van der Waals surface area contributed by atoms with E-state index in [1.54, 1.807) is 13.8 Å². The number of halogens is 1. The number of rotatable bonds is 5. The minimum Gasteiger partial charge on any atom is -0.294 e. The van der Waals surface area contributed by atoms with Crippen LogP contribution >= 0.6 is 0 Å². The van der Waals surface area contributed by atoms with Gasteiger partial charge in [0.15, 0.2) is 5.78 Å². The summed E-state index contributed by atoms with van der Waals surface area (Å²) in [5.41, 5.74) is -0.200. The number of benzene rings is 1. The van der Waals surface area contributed by atoms with E-state index >= 15 is 0 Å². The molecular weight excluding hydrogens is 273 g/mol. The predicted molar refractivity (Wildman–Crippen MR) is 75.1 cm³/mol. The summed E-state index contributed by atoms with van der Waals surface area (Å²) in [6.45, 7) is 3.75. The maximum Gasteiger partial charge on any atom is 0.235 e. The number of ketones is 1. The Kier molecular flexibility index (Phi) is 4.21. The molecule has 4 nitrogen and oxygen atoms in total. The average Bonchev–Trinajstić information content (AvgIpc) is 2.61. The van der Waals surface area contributed by atoms with Crippen LogP contribution in [0.1, 0.15) is 43.5 Å². The van der Waals surface area contributed by atoms with Crippen LogP contribution < -0.4 is 0 Å². The average molecular weight is 291 g/mol. The third kappa shape index (κ3) is 3.35. The number of hydrogen-bond acceptors (Lipinski definition) is 3. The molecular formula is C16H18FNO3. The Morgan fingerprint density at radius 2 is 1.86 bits per heavy atom. The predicted octanol–water partition coefficient (Wildman–Crippen LogP) is 2.57. The topological polar surface area (TPSA) is 54.5 Å². The molecule has 1 fully saturated rings. The zero-order valence-electron chi connectivity index (χ0n) is 12.2. The Balaban J connectivity index is 1.87. The molecule has 1 saturated heterocycles. The molecule has 0 aromatic heterocycles. The van der Waals surface area contributed by atoms with Crippen LogP contribution in [0.25, 0.3) is 0 Å². The zero-order valence-corrected chi connectivity index (χ0v) is 12.2. The Bertz CT molecular complexity index is 578. The lowest BCUT2D eigenvalue weighted by atomic mass is 9.92. The third-order valence-corrected chi connectivity index (χ3v) is 3.67. The molecule has 1 aromatic rings. The van der Waals surface area contributed by atoms with E-state index in [1.807, 2.05) is 0 Å². The van der Waals surface area contributed by atoms with Crippen molar-refractivity contribution in [2.24, 2.45) is 5.41 Å². The van der Waals surface area contributed by atoms with Gasteiger partial charge in [0.05, 0.1) is 5.41 Å². The molecule has 0 bridgehead atoms. The summed E-state index contributed by atoms with van der Waals surface area (Å²) in [4.78, 5) is 36.9. The van der Waals surface area contributed by atoms with Gasteiger partial charge in [0, 0.05) is 24.9 Å². The Morgan fingerprint density at radius 3 is 2.38 bits per heavy atom. The second kappa shape index (κ2) is 5.76. The van der Waals surface area contributed by atoms with Gasteiger partial charge in [-0.15, -0.1) is 0 Å². The molecule has 21 heavy (non-hydrogen) atoms. The van der Waals surface area contributed by atoms with Crippen molar-refractivity contribution in [3.63, 3.8) is 0 Å². The molecule has 0 unspecified atom stereocenters. The molecule has 0 N–H and O–H groups in total. The van der Waals surface area contributed by atoms with Crippen molar-refractivity contribution in [2.75, 3.05) is 6.54 Å². The summed E-state index contributed by atoms with van der Waals surface area (Å²) in [5, 5.41) is 0. The lowest BCUT2D eigenvalue weighted by molar-refractivity contribution is -0.140. The minimum atomic E-state index is -0.641. The largest absolute Gasteiger partial charge is 0.294 e. The second-order valence-electron chi connectivity index (χ2n) is 5.94. The van der Waals surface area contributed by atoms with E-state index in [9.17, 15) is 18.8 Å². The van der Waals surface area contributed by atoms with Gasteiger partial charge in [-0.2, -0.15) is 0 Å². The van der Waals surface area contributed by atoms with Crippen molar-refractivity contribution in [1.29, 1.82) is 0 Å². The molecule has 1 aliphatic rings. The number of likely N-dealkylation sites (tertiary alicyclic amines) is 1. The molecule has 112 valence electrons. The highest BCUT2D eigenvalue weighted by Crippen LogP contribution is 2.31. The molecule has 1 heterocycles. The van der Waals surface area contributed by atoms with Gasteiger partial charge >= 0.3 is 0 Å². The van der Waals surface area contributed by atoms with Gasteiger partial charge < -0.3 is 0 Å². The fraction of sp³-hybridized carbons (Fsp3) is 0.438. The maximum atomic E-state index is 12.8. The molecule has 0 radical (unpaired) electrons. The molecule has 5 heteroatoms. The zero-order chi connectivity index (χ0) is 15.6. The Morgan fingerprint density at radius 1 is 1.24 bits per heavy atom. The van der Waals surface area contributed by atoms with Crippen molar-refractivity contribution in [3.05, 3.63) is 35.6 Å². The van der Waals surface area contributed by atoms with Crippen LogP contribution in [0.5, 0.6) is 0 Å². The van der Waals surface area contributed by atoms with Crippen molar-refractivity contribution < 1.29 is 18.8 Å². The molecule has 0 atom stereocenters. The molecule has 2 amide bonds. The van der Waals surface area contributed by atoms with Crippen LogP contribution in [0.2, 0.25) is 0 Å². The van der Waals surface area contributed by atoms with Crippen LogP contribution in [0.3, 0.4) is 0 Å². The summed E-state index contributed by atoms with van der Waals surface area (Å²) < 4.78 is 12.8. The molecule has 2 rings (SSSR count). The van der Waals surface area contributed by atoms with E-state index in [0.717, 1.165) is 0 Å². The highest BCUT2D eigenvalue weighted by molar-refractivity contribution is 6.05. The first kappa shape index (κ1) is 15.4. The summed E-state index contributed by atoms with van der Waals surface area (Å²) in [7, 11) is 0. The van der Waals surface area contributed by atoms with E-state index < -0.39 is 5.41 Å². The van der Waals surface area contributed by atoms with E-state index in [2.05, 4.69) is 0 Å². The number of Topliss-reactive ketones (excluding diaryl/α,β-unsaturated/α-hetero) is 1. The molecule has 1 aliphatic heterocycles. The van der Waals surface area contributed by atoms with Gasteiger partial charge in [-0.25, -0.2) is 4.39 Å². The van der Waals surface area contributed by atoms with Crippen LogP contribution in [0, 0.1) is 11.2 Å². The van der Waals surface area contributed by atoms with Crippen LogP contribution in [0.15, 0.2) is 24.3 Å². The molecule has 0 spiro atoms. The van der Waals surface area contributed by atoms with Crippen molar-refractivity contribution in [3.8, 4) is 0 Å². The lowest BCUT2D eigenvalue weighted by Gasteiger charge is -2.17. The fourth-order valence-corrected chi connectivity index (χ4v) is 2.43. The van der Waals surface area contributed by atoms with Gasteiger partial charge in [-0.1, -0.05) is 13.8 Å². The quantitative estimate of drug-likeness (QED) is 0.619. The minimum absolute atomic E-state index is 0.117. The standard InChI is InChI=1S/C16H18FNO3/c1-16(2)10-14(20)18(15(16)21)9-3-4-13(19)11-5-7-12(17)8-6-11/h5-8H,3-4,9-10H2,1-2H3. The number of imide groups is 1. The van der Waals surface area contributed by atoms with Crippen molar-refractivity contribution in [1.82, 2.24) is 4.90 Å². The molecule has 0 saturated carbocycles. The first-order valence-electron chi connectivity index (χ1n) is 6.95. The third-order valence-electron chi connectivity index (χ3n) is 3.67. The number of carbonyl (C=O) groups excluding carboxylic acids is 3. The van der Waals surface area contributed by atoms with Crippen molar-refractivity contribution in [2.45, 2.75) is 33.1 Å². The molecule has 0 aliphatic carbocycles. The van der Waals surface area contributed by atoms with Crippen molar-refractivity contribution >= 4 is 17.6 Å². The van der Waals surface area contributed by atoms with E-state index in [1.165, 1.54) is 29.2 Å². The van der Waals surface area contributed by atoms with Crippen LogP contribution in [0.4, 0.5) is 4.39 Å². The van der Waals surface area contributed by atoms with Gasteiger partial charge in [0.1, 0.15) is 5.82 Å². The maximum absolute atomic E-state index is 12.8. The van der Waals surface area contributed by atoms with E-state index in [-0.39, 0.29) is 42.8 Å². The Hall–Kier alpha value is -2.04. The SMILES string of the molecule is CC1(C)CC(=O)N(CCCC(=O)c2ccc(F)cc2)C1=O. The highest BCUT2D eigenvalue weighted by atomic mass is 19.1. The van der Waals surface area contributed by atoms with E-state index in [4.69, 9.17) is 0 Å². The van der Waals surface area contributed by atoms with Gasteiger partial charge in [-0.05, 0) is 30.7 Å². The normalized spacial score (nSPS) is 17.4. The number of amides is 2. The van der Waals surface area contributed by atoms with E-state index in [0.29, 0.717) is 12.0 Å². The van der Waals surface area contributed by atoms with Crippen LogP contribution in [-0.2, 0) is 9.59 Å². The van der Waals surface area contributed by atoms with Gasteiger partial charge in [0.25, 0.3) is 0 Å². The molecule has 1 aromatic carbocycles. The number of hydrogen-bond donors (Lipinski definition) is 0. The van der Waals surface area contributed by atoms with Gasteiger partial charge in [-0.3, -0.25) is 19.3 Å². The highest BCUT2D eigenvalue weighted by Gasteiger charge is 2.44.